The third-order valence-electron chi connectivity index (χ3n) is 5.24. The third-order valence-corrected chi connectivity index (χ3v) is 5.24. The zero-order chi connectivity index (χ0) is 16.5. The maximum atomic E-state index is 12.8. The minimum absolute atomic E-state index is 0.153. The van der Waals surface area contributed by atoms with E-state index in [0.717, 1.165) is 29.9 Å². The number of benzene rings is 1. The lowest BCUT2D eigenvalue weighted by Crippen LogP contribution is -2.45. The maximum Gasteiger partial charge on any atom is 0.253 e. The van der Waals surface area contributed by atoms with Crippen molar-refractivity contribution in [3.8, 4) is 11.3 Å². The first-order valence-corrected chi connectivity index (χ1v) is 8.67. The Labute approximate surface area is 141 Å². The van der Waals surface area contributed by atoms with Gasteiger partial charge in [-0.2, -0.15) is 0 Å². The summed E-state index contributed by atoms with van der Waals surface area (Å²) in [4.78, 5) is 23.0. The lowest BCUT2D eigenvalue weighted by Gasteiger charge is -2.41. The highest BCUT2D eigenvalue weighted by molar-refractivity contribution is 5.94. The monoisotopic (exact) mass is 322 g/mol. The molecule has 1 amide bonds. The average Bonchev–Trinajstić information content (AvgIpc) is 2.61. The van der Waals surface area contributed by atoms with E-state index in [1.165, 1.54) is 25.7 Å². The maximum absolute atomic E-state index is 12.8. The van der Waals surface area contributed by atoms with Gasteiger partial charge in [0.15, 0.2) is 0 Å². The number of rotatable bonds is 2. The topological polar surface area (TPSA) is 72.1 Å². The van der Waals surface area contributed by atoms with Crippen LogP contribution in [-0.4, -0.2) is 33.9 Å². The van der Waals surface area contributed by atoms with Crippen molar-refractivity contribution in [2.75, 3.05) is 18.8 Å². The molecule has 4 rings (SSSR count). The number of likely N-dealkylation sites (tertiary alicyclic amines) is 1. The van der Waals surface area contributed by atoms with Crippen molar-refractivity contribution in [3.63, 3.8) is 0 Å². The summed E-state index contributed by atoms with van der Waals surface area (Å²) in [6.07, 6.45) is 6.82. The third kappa shape index (κ3) is 2.98. The predicted molar refractivity (Wildman–Crippen MR) is 93.2 cm³/mol. The van der Waals surface area contributed by atoms with Gasteiger partial charge in [0, 0.05) is 30.4 Å². The van der Waals surface area contributed by atoms with E-state index in [1.54, 1.807) is 6.20 Å². The molecule has 1 aliphatic carbocycles. The summed E-state index contributed by atoms with van der Waals surface area (Å²) in [6, 6.07) is 9.46. The second kappa shape index (κ2) is 6.23. The molecule has 1 aromatic carbocycles. The van der Waals surface area contributed by atoms with E-state index in [-0.39, 0.29) is 11.9 Å². The van der Waals surface area contributed by atoms with Crippen molar-refractivity contribution < 1.29 is 4.79 Å². The van der Waals surface area contributed by atoms with Crippen LogP contribution < -0.4 is 5.73 Å². The van der Waals surface area contributed by atoms with E-state index in [4.69, 9.17) is 5.73 Å². The lowest BCUT2D eigenvalue weighted by molar-refractivity contribution is 0.0504. The molecular formula is C19H22N4O. The van der Waals surface area contributed by atoms with Gasteiger partial charge in [0.05, 0.1) is 5.69 Å². The normalized spacial score (nSPS) is 23.1. The van der Waals surface area contributed by atoms with Crippen LogP contribution in [0.4, 0.5) is 5.95 Å². The number of fused-ring (bicyclic) bond motifs is 2. The Balaban J connectivity index is 1.51. The summed E-state index contributed by atoms with van der Waals surface area (Å²) < 4.78 is 0. The van der Waals surface area contributed by atoms with Gasteiger partial charge in [-0.3, -0.25) is 4.79 Å². The van der Waals surface area contributed by atoms with Crippen molar-refractivity contribution in [1.82, 2.24) is 14.9 Å². The van der Waals surface area contributed by atoms with Crippen LogP contribution in [0.1, 0.15) is 36.0 Å². The van der Waals surface area contributed by atoms with Crippen LogP contribution in [0.2, 0.25) is 0 Å². The number of carbonyl (C=O) groups excluding carboxylic acids is 1. The fraction of sp³-hybridized carbons (Fsp3) is 0.421. The number of aromatic nitrogens is 2. The van der Waals surface area contributed by atoms with E-state index in [9.17, 15) is 4.79 Å². The molecule has 124 valence electrons. The molecule has 0 unspecified atom stereocenters. The van der Waals surface area contributed by atoms with E-state index in [1.807, 2.05) is 30.3 Å². The van der Waals surface area contributed by atoms with Crippen molar-refractivity contribution in [1.29, 1.82) is 0 Å². The molecule has 1 aliphatic heterocycles. The average molecular weight is 322 g/mol. The van der Waals surface area contributed by atoms with Gasteiger partial charge in [0.2, 0.25) is 5.95 Å². The van der Waals surface area contributed by atoms with Gasteiger partial charge in [-0.05, 0) is 49.3 Å². The number of amides is 1. The fourth-order valence-corrected chi connectivity index (χ4v) is 4.10. The number of nitrogens with two attached hydrogens (primary N) is 1. The first-order valence-electron chi connectivity index (χ1n) is 8.67. The Morgan fingerprint density at radius 2 is 1.79 bits per heavy atom. The molecule has 2 N–H and O–H groups in total. The number of anilines is 1. The Morgan fingerprint density at radius 1 is 1.08 bits per heavy atom. The van der Waals surface area contributed by atoms with Gasteiger partial charge in [-0.1, -0.05) is 18.6 Å². The number of carbonyl (C=O) groups is 1. The Hall–Kier alpha value is -2.43. The summed E-state index contributed by atoms with van der Waals surface area (Å²) in [6.45, 7) is 1.83. The molecule has 1 saturated heterocycles. The second-order valence-corrected chi connectivity index (χ2v) is 6.99. The van der Waals surface area contributed by atoms with E-state index in [2.05, 4.69) is 14.9 Å². The van der Waals surface area contributed by atoms with Gasteiger partial charge < -0.3 is 10.6 Å². The molecule has 0 radical (unpaired) electrons. The largest absolute Gasteiger partial charge is 0.368 e. The zero-order valence-electron chi connectivity index (χ0n) is 13.7. The summed E-state index contributed by atoms with van der Waals surface area (Å²) in [5, 5.41) is 0. The van der Waals surface area contributed by atoms with Gasteiger partial charge >= 0.3 is 0 Å². The number of piperidine rings is 1. The highest BCUT2D eigenvalue weighted by atomic mass is 16.2. The standard InChI is InChI=1S/C19H22N4O/c20-19-21-9-8-17(22-19)15-4-6-16(7-5-15)18(24)23-11-13-2-1-3-14(10-13)12-23/h4-9,13-14H,1-3,10-12H2,(H2,20,21,22)/t13-,14+. The fourth-order valence-electron chi connectivity index (χ4n) is 4.10. The van der Waals surface area contributed by atoms with E-state index >= 15 is 0 Å². The van der Waals surface area contributed by atoms with Crippen LogP contribution in [0.15, 0.2) is 36.5 Å². The van der Waals surface area contributed by atoms with Crippen LogP contribution >= 0.6 is 0 Å². The predicted octanol–water partition coefficient (Wildman–Crippen LogP) is 2.99. The molecule has 2 aliphatic rings. The first-order chi connectivity index (χ1) is 11.7. The molecule has 5 heteroatoms. The minimum atomic E-state index is 0.153. The highest BCUT2D eigenvalue weighted by Crippen LogP contribution is 2.34. The SMILES string of the molecule is Nc1nccc(-c2ccc(C(=O)N3C[C@@H]4CCC[C@@H](C4)C3)cc2)n1. The summed E-state index contributed by atoms with van der Waals surface area (Å²) in [7, 11) is 0. The molecule has 2 heterocycles. The number of hydrogen-bond acceptors (Lipinski definition) is 4. The Bertz CT molecular complexity index is 731. The molecular weight excluding hydrogens is 300 g/mol. The quantitative estimate of drug-likeness (QED) is 0.922. The highest BCUT2D eigenvalue weighted by Gasteiger charge is 2.32. The number of hydrogen-bond donors (Lipinski definition) is 1. The first kappa shape index (κ1) is 15.1. The van der Waals surface area contributed by atoms with Crippen molar-refractivity contribution in [2.45, 2.75) is 25.7 Å². The van der Waals surface area contributed by atoms with Gasteiger partial charge in [0.25, 0.3) is 5.91 Å². The molecule has 0 spiro atoms. The Kier molecular flexibility index (Phi) is 3.92. The molecule has 2 bridgehead atoms. The molecule has 5 nitrogen and oxygen atoms in total. The van der Waals surface area contributed by atoms with Gasteiger partial charge in [-0.25, -0.2) is 9.97 Å². The lowest BCUT2D eigenvalue weighted by atomic mass is 9.78. The Morgan fingerprint density at radius 3 is 2.46 bits per heavy atom. The van der Waals surface area contributed by atoms with Gasteiger partial charge in [0.1, 0.15) is 0 Å². The van der Waals surface area contributed by atoms with Crippen LogP contribution in [0.3, 0.4) is 0 Å². The van der Waals surface area contributed by atoms with E-state index < -0.39 is 0 Å². The molecule has 2 fully saturated rings. The summed E-state index contributed by atoms with van der Waals surface area (Å²) in [5.74, 6) is 1.81. The van der Waals surface area contributed by atoms with Crippen molar-refractivity contribution in [3.05, 3.63) is 42.1 Å². The zero-order valence-corrected chi connectivity index (χ0v) is 13.7. The second-order valence-electron chi connectivity index (χ2n) is 6.99. The molecule has 24 heavy (non-hydrogen) atoms. The summed E-state index contributed by atoms with van der Waals surface area (Å²) in [5.41, 5.74) is 8.10. The molecule has 2 atom stereocenters. The van der Waals surface area contributed by atoms with Crippen LogP contribution in [0.25, 0.3) is 11.3 Å². The van der Waals surface area contributed by atoms with Crippen LogP contribution in [0.5, 0.6) is 0 Å². The molecule has 1 aromatic heterocycles. The van der Waals surface area contributed by atoms with Crippen LogP contribution in [-0.2, 0) is 0 Å². The van der Waals surface area contributed by atoms with E-state index in [0.29, 0.717) is 11.8 Å². The molecule has 2 aromatic rings. The minimum Gasteiger partial charge on any atom is -0.368 e. The summed E-state index contributed by atoms with van der Waals surface area (Å²) >= 11 is 0. The number of nitrogens with zero attached hydrogens (tertiary/aromatic N) is 3. The van der Waals surface area contributed by atoms with Crippen molar-refractivity contribution in [2.24, 2.45) is 11.8 Å². The van der Waals surface area contributed by atoms with Crippen molar-refractivity contribution >= 4 is 11.9 Å². The number of nitrogen functional groups attached to an aromatic ring is 1. The molecule has 1 saturated carbocycles. The van der Waals surface area contributed by atoms with Crippen LogP contribution in [0, 0.1) is 11.8 Å². The van der Waals surface area contributed by atoms with Gasteiger partial charge in [-0.15, -0.1) is 0 Å². The smallest absolute Gasteiger partial charge is 0.253 e.